The summed E-state index contributed by atoms with van der Waals surface area (Å²) in [5.41, 5.74) is -0.238. The number of aromatic nitrogens is 2. The molecule has 1 aromatic heterocycles. The maximum atomic E-state index is 10.4. The van der Waals surface area contributed by atoms with Crippen molar-refractivity contribution in [3.63, 3.8) is 0 Å². The van der Waals surface area contributed by atoms with Crippen molar-refractivity contribution in [2.75, 3.05) is 6.61 Å². The van der Waals surface area contributed by atoms with E-state index in [9.17, 15) is 10.1 Å². The molecular formula is C7H8ClN3O3. The van der Waals surface area contributed by atoms with Gasteiger partial charge in [-0.2, -0.15) is 0 Å². The van der Waals surface area contributed by atoms with E-state index in [2.05, 4.69) is 4.98 Å². The number of halogens is 1. The van der Waals surface area contributed by atoms with Gasteiger partial charge in [-0.1, -0.05) is 0 Å². The Labute approximate surface area is 84.6 Å². The quantitative estimate of drug-likeness (QED) is 0.434. The molecule has 0 N–H and O–H groups in total. The molecule has 0 bridgehead atoms. The van der Waals surface area contributed by atoms with Gasteiger partial charge in [-0.3, -0.25) is 4.57 Å². The minimum absolute atomic E-state index is 0.119. The van der Waals surface area contributed by atoms with Gasteiger partial charge >= 0.3 is 11.1 Å². The molecule has 7 heteroatoms. The van der Waals surface area contributed by atoms with Crippen LogP contribution in [0.15, 0.2) is 6.20 Å². The molecule has 6 nitrogen and oxygen atoms in total. The van der Waals surface area contributed by atoms with Gasteiger partial charge in [0.25, 0.3) is 0 Å². The van der Waals surface area contributed by atoms with Crippen molar-refractivity contribution in [1.82, 2.24) is 9.55 Å². The number of epoxide rings is 1. The zero-order valence-electron chi connectivity index (χ0n) is 7.44. The maximum absolute atomic E-state index is 10.4. The molecule has 0 aliphatic carbocycles. The monoisotopic (exact) mass is 217 g/mol. The SMILES string of the molecule is C[C@]1(Cn2cc([N+](=O)[O-])nc2Cl)CO1. The van der Waals surface area contributed by atoms with Gasteiger partial charge in [0.05, 0.1) is 13.2 Å². The molecule has 14 heavy (non-hydrogen) atoms. The van der Waals surface area contributed by atoms with Crippen LogP contribution in [0.3, 0.4) is 0 Å². The second-order valence-corrected chi connectivity index (χ2v) is 3.83. The van der Waals surface area contributed by atoms with Crippen molar-refractivity contribution in [1.29, 1.82) is 0 Å². The van der Waals surface area contributed by atoms with Crippen molar-refractivity contribution in [3.8, 4) is 0 Å². The van der Waals surface area contributed by atoms with Crippen LogP contribution in [0.25, 0.3) is 0 Å². The molecule has 1 fully saturated rings. The molecule has 0 unspecified atom stereocenters. The standard InChI is InChI=1S/C7H8ClN3O3/c1-7(4-14-7)3-10-2-5(11(12)13)9-6(10)8/h2H,3-4H2,1H3/t7-/m0/s1. The first-order valence-electron chi connectivity index (χ1n) is 4.01. The lowest BCUT2D eigenvalue weighted by Crippen LogP contribution is -2.14. The second-order valence-electron chi connectivity index (χ2n) is 3.49. The van der Waals surface area contributed by atoms with E-state index in [1.807, 2.05) is 6.92 Å². The minimum Gasteiger partial charge on any atom is -0.368 e. The molecule has 0 amide bonds. The first-order chi connectivity index (χ1) is 6.50. The van der Waals surface area contributed by atoms with E-state index in [-0.39, 0.29) is 16.7 Å². The summed E-state index contributed by atoms with van der Waals surface area (Å²) in [5.74, 6) is -0.237. The van der Waals surface area contributed by atoms with Crippen LogP contribution in [0.5, 0.6) is 0 Å². The van der Waals surface area contributed by atoms with Gasteiger partial charge in [-0.25, -0.2) is 0 Å². The van der Waals surface area contributed by atoms with Crippen LogP contribution in [-0.4, -0.2) is 26.7 Å². The topological polar surface area (TPSA) is 73.5 Å². The van der Waals surface area contributed by atoms with Gasteiger partial charge in [-0.15, -0.1) is 0 Å². The lowest BCUT2D eigenvalue weighted by Gasteiger charge is -2.03. The Bertz CT molecular complexity index is 386. The Morgan fingerprint density at radius 3 is 3.00 bits per heavy atom. The van der Waals surface area contributed by atoms with Gasteiger partial charge in [0.2, 0.25) is 0 Å². The van der Waals surface area contributed by atoms with Crippen LogP contribution in [-0.2, 0) is 11.3 Å². The highest BCUT2D eigenvalue weighted by atomic mass is 35.5. The molecule has 0 radical (unpaired) electrons. The average Bonchev–Trinajstić information content (AvgIpc) is 2.69. The van der Waals surface area contributed by atoms with E-state index in [1.165, 1.54) is 10.8 Å². The predicted molar refractivity (Wildman–Crippen MR) is 48.2 cm³/mol. The molecule has 0 saturated carbocycles. The van der Waals surface area contributed by atoms with E-state index in [4.69, 9.17) is 16.3 Å². The number of hydrogen-bond donors (Lipinski definition) is 0. The largest absolute Gasteiger partial charge is 0.383 e. The van der Waals surface area contributed by atoms with Crippen LogP contribution in [0.1, 0.15) is 6.92 Å². The highest BCUT2D eigenvalue weighted by molar-refractivity contribution is 6.28. The summed E-state index contributed by atoms with van der Waals surface area (Å²) in [5, 5.41) is 10.5. The normalized spacial score (nSPS) is 25.0. The first kappa shape index (κ1) is 9.42. The highest BCUT2D eigenvalue weighted by Crippen LogP contribution is 2.29. The van der Waals surface area contributed by atoms with Crippen molar-refractivity contribution in [2.45, 2.75) is 19.1 Å². The molecule has 0 aromatic carbocycles. The summed E-state index contributed by atoms with van der Waals surface area (Å²) in [6.45, 7) is 3.05. The third kappa shape index (κ3) is 1.71. The molecular weight excluding hydrogens is 210 g/mol. The zero-order chi connectivity index (χ0) is 10.3. The number of nitrogens with zero attached hydrogens (tertiary/aromatic N) is 3. The Morgan fingerprint density at radius 1 is 1.93 bits per heavy atom. The van der Waals surface area contributed by atoms with E-state index < -0.39 is 4.92 Å². The smallest absolute Gasteiger partial charge is 0.368 e. The fraction of sp³-hybridized carbons (Fsp3) is 0.571. The fourth-order valence-corrected chi connectivity index (χ4v) is 1.35. The lowest BCUT2D eigenvalue weighted by molar-refractivity contribution is -0.389. The average molecular weight is 218 g/mol. The molecule has 1 aliphatic rings. The van der Waals surface area contributed by atoms with Crippen molar-refractivity contribution >= 4 is 17.4 Å². The van der Waals surface area contributed by atoms with Gasteiger partial charge in [0.1, 0.15) is 11.8 Å². The zero-order valence-corrected chi connectivity index (χ0v) is 8.19. The number of imidazole rings is 1. The molecule has 2 heterocycles. The van der Waals surface area contributed by atoms with Crippen molar-refractivity contribution < 1.29 is 9.66 Å². The van der Waals surface area contributed by atoms with Crippen LogP contribution in [0, 0.1) is 10.1 Å². The Morgan fingerprint density at radius 2 is 2.57 bits per heavy atom. The van der Waals surface area contributed by atoms with Crippen LogP contribution in [0.2, 0.25) is 5.28 Å². The molecule has 76 valence electrons. The summed E-state index contributed by atoms with van der Waals surface area (Å²) in [6.07, 6.45) is 1.31. The maximum Gasteiger partial charge on any atom is 0.383 e. The van der Waals surface area contributed by atoms with Gasteiger partial charge in [0.15, 0.2) is 0 Å². The summed E-state index contributed by atoms with van der Waals surface area (Å²) < 4.78 is 6.67. The number of rotatable bonds is 3. The van der Waals surface area contributed by atoms with Crippen LogP contribution < -0.4 is 0 Å². The van der Waals surface area contributed by atoms with Gasteiger partial charge in [-0.05, 0) is 28.4 Å². The molecule has 1 aliphatic heterocycles. The summed E-state index contributed by atoms with van der Waals surface area (Å²) in [7, 11) is 0. The van der Waals surface area contributed by atoms with Gasteiger partial charge in [0, 0.05) is 0 Å². The number of nitro groups is 1. The second kappa shape index (κ2) is 2.93. The van der Waals surface area contributed by atoms with E-state index in [1.54, 1.807) is 0 Å². The van der Waals surface area contributed by atoms with Crippen LogP contribution >= 0.6 is 11.6 Å². The Hall–Kier alpha value is -1.14. The van der Waals surface area contributed by atoms with E-state index in [0.29, 0.717) is 13.2 Å². The molecule has 1 saturated heterocycles. The predicted octanol–water partition coefficient (Wildman–Crippen LogP) is 1.23. The lowest BCUT2D eigenvalue weighted by atomic mass is 10.2. The third-order valence-corrected chi connectivity index (χ3v) is 2.35. The number of hydrogen-bond acceptors (Lipinski definition) is 4. The Balaban J connectivity index is 2.21. The summed E-state index contributed by atoms with van der Waals surface area (Å²) in [4.78, 5) is 13.4. The van der Waals surface area contributed by atoms with E-state index in [0.717, 1.165) is 0 Å². The fourth-order valence-electron chi connectivity index (χ4n) is 1.15. The summed E-state index contributed by atoms with van der Waals surface area (Å²) in [6, 6.07) is 0. The molecule has 1 aromatic rings. The van der Waals surface area contributed by atoms with E-state index >= 15 is 0 Å². The highest BCUT2D eigenvalue weighted by Gasteiger charge is 2.40. The molecule has 1 atom stereocenters. The summed E-state index contributed by atoms with van der Waals surface area (Å²) >= 11 is 5.71. The van der Waals surface area contributed by atoms with Crippen molar-refractivity contribution in [2.24, 2.45) is 0 Å². The molecule has 0 spiro atoms. The third-order valence-electron chi connectivity index (χ3n) is 2.04. The Kier molecular flexibility index (Phi) is 1.97. The molecule has 2 rings (SSSR count). The minimum atomic E-state index is -0.571. The van der Waals surface area contributed by atoms with Crippen molar-refractivity contribution in [3.05, 3.63) is 21.6 Å². The van der Waals surface area contributed by atoms with Crippen LogP contribution in [0.4, 0.5) is 5.82 Å². The van der Waals surface area contributed by atoms with Gasteiger partial charge < -0.3 is 14.9 Å². The number of ether oxygens (including phenoxy) is 1. The first-order valence-corrected chi connectivity index (χ1v) is 4.39.